The van der Waals surface area contributed by atoms with Crippen molar-refractivity contribution in [2.24, 2.45) is 0 Å². The van der Waals surface area contributed by atoms with Crippen LogP contribution in [0.4, 0.5) is 5.69 Å². The minimum atomic E-state index is -0.468. The topological polar surface area (TPSA) is 81.9 Å². The number of aryl methyl sites for hydroxylation is 1. The third kappa shape index (κ3) is 6.50. The Labute approximate surface area is 250 Å². The predicted octanol–water partition coefficient (Wildman–Crippen LogP) is 8.23. The molecule has 7 nitrogen and oxygen atoms in total. The van der Waals surface area contributed by atoms with Crippen LogP contribution in [-0.2, 0) is 11.3 Å². The predicted molar refractivity (Wildman–Crippen MR) is 165 cm³/mol. The molecule has 0 saturated carbocycles. The summed E-state index contributed by atoms with van der Waals surface area (Å²) in [7, 11) is 0. The van der Waals surface area contributed by atoms with E-state index in [0.717, 1.165) is 20.8 Å². The number of carbonyl (C=O) groups is 1. The van der Waals surface area contributed by atoms with Crippen LogP contribution in [0.5, 0.6) is 5.75 Å². The summed E-state index contributed by atoms with van der Waals surface area (Å²) in [6.45, 7) is 8.21. The zero-order valence-electron chi connectivity index (χ0n) is 21.7. The molecule has 1 amide bonds. The van der Waals surface area contributed by atoms with Crippen molar-refractivity contribution in [2.75, 3.05) is 11.1 Å². The first-order chi connectivity index (χ1) is 19.3. The minimum Gasteiger partial charge on any atom is -0.481 e. The van der Waals surface area contributed by atoms with E-state index >= 15 is 0 Å². The van der Waals surface area contributed by atoms with Gasteiger partial charge in [0.05, 0.1) is 21.0 Å². The second kappa shape index (κ2) is 12.4. The van der Waals surface area contributed by atoms with Gasteiger partial charge in [-0.15, -0.1) is 28.1 Å². The average molecular weight is 611 g/mol. The number of halogens is 2. The quantitative estimate of drug-likeness (QED) is 0.127. The number of hydrogen-bond donors (Lipinski definition) is 1. The molecule has 0 spiro atoms. The maximum absolute atomic E-state index is 12.7. The van der Waals surface area contributed by atoms with Gasteiger partial charge in [-0.2, -0.15) is 0 Å². The maximum atomic E-state index is 12.7. The molecule has 2 heterocycles. The number of ether oxygens (including phenoxy) is 1. The van der Waals surface area contributed by atoms with Gasteiger partial charge in [-0.1, -0.05) is 47.1 Å². The van der Waals surface area contributed by atoms with Crippen LogP contribution in [0.25, 0.3) is 20.8 Å². The number of nitrogens with zero attached hydrogens (tertiary/aromatic N) is 4. The molecule has 1 unspecified atom stereocenters. The van der Waals surface area contributed by atoms with E-state index in [0.29, 0.717) is 39.0 Å². The van der Waals surface area contributed by atoms with E-state index in [4.69, 9.17) is 32.9 Å². The molecule has 11 heteroatoms. The highest BCUT2D eigenvalue weighted by molar-refractivity contribution is 7.99. The van der Waals surface area contributed by atoms with Gasteiger partial charge >= 0.3 is 0 Å². The fraction of sp³-hybridized carbons (Fsp3) is 0.172. The fourth-order valence-corrected chi connectivity index (χ4v) is 6.15. The molecule has 0 saturated heterocycles. The second-order valence-electron chi connectivity index (χ2n) is 8.98. The molecule has 0 fully saturated rings. The standard InChI is InChI=1S/C29H25Cl2N5O2S2/c1-4-13-36-27(18(3)38-24-15-20(30)8-11-22(24)31)34-35-29(36)39-16-26(37)32-21-9-6-19(7-10-21)28-33-23-12-5-17(2)14-25(23)40-28/h4-12,14-15,18H,1,13,16H2,2-3H3,(H,32,37). The molecule has 40 heavy (non-hydrogen) atoms. The normalized spacial score (nSPS) is 11.9. The molecule has 1 N–H and O–H groups in total. The second-order valence-corrected chi connectivity index (χ2v) is 11.8. The number of hydrogen-bond acceptors (Lipinski definition) is 7. The molecule has 0 aliphatic rings. The third-order valence-corrected chi connectivity index (χ3v) is 8.49. The molecule has 5 aromatic rings. The summed E-state index contributed by atoms with van der Waals surface area (Å²) in [6, 6.07) is 19.0. The highest BCUT2D eigenvalue weighted by Crippen LogP contribution is 2.33. The van der Waals surface area contributed by atoms with Crippen molar-refractivity contribution in [3.8, 4) is 16.3 Å². The first kappa shape index (κ1) is 28.2. The molecular formula is C29H25Cl2N5O2S2. The van der Waals surface area contributed by atoms with E-state index in [1.54, 1.807) is 35.6 Å². The van der Waals surface area contributed by atoms with Gasteiger partial charge in [0.25, 0.3) is 0 Å². The number of thioether (sulfide) groups is 1. The Morgan fingerprint density at radius 3 is 2.73 bits per heavy atom. The van der Waals surface area contributed by atoms with Gasteiger partial charge < -0.3 is 10.1 Å². The molecule has 0 bridgehead atoms. The smallest absolute Gasteiger partial charge is 0.234 e. The largest absolute Gasteiger partial charge is 0.481 e. The fourth-order valence-electron chi connectivity index (χ4n) is 4.00. The lowest BCUT2D eigenvalue weighted by molar-refractivity contribution is -0.113. The average Bonchev–Trinajstić information content (AvgIpc) is 3.54. The molecule has 204 valence electrons. The number of nitrogens with one attached hydrogen (secondary N) is 1. The van der Waals surface area contributed by atoms with Crippen molar-refractivity contribution in [3.63, 3.8) is 0 Å². The van der Waals surface area contributed by atoms with E-state index in [1.807, 2.05) is 41.8 Å². The van der Waals surface area contributed by atoms with Gasteiger partial charge in [0.2, 0.25) is 5.91 Å². The lowest BCUT2D eigenvalue weighted by Gasteiger charge is -2.16. The number of rotatable bonds is 10. The van der Waals surface area contributed by atoms with Crippen molar-refractivity contribution in [3.05, 3.63) is 94.8 Å². The first-order valence-electron chi connectivity index (χ1n) is 12.4. The number of fused-ring (bicyclic) bond motifs is 1. The van der Waals surface area contributed by atoms with Crippen molar-refractivity contribution in [1.82, 2.24) is 19.7 Å². The van der Waals surface area contributed by atoms with Crippen LogP contribution in [0.1, 0.15) is 24.4 Å². The first-order valence-corrected chi connectivity index (χ1v) is 14.9. The van der Waals surface area contributed by atoms with Crippen LogP contribution >= 0.6 is 46.3 Å². The zero-order valence-corrected chi connectivity index (χ0v) is 24.9. The van der Waals surface area contributed by atoms with Gasteiger partial charge in [0, 0.05) is 28.9 Å². The Hall–Kier alpha value is -3.37. The zero-order chi connectivity index (χ0) is 28.2. The van der Waals surface area contributed by atoms with E-state index in [-0.39, 0.29) is 11.7 Å². The summed E-state index contributed by atoms with van der Waals surface area (Å²) in [5.74, 6) is 1.04. The monoisotopic (exact) mass is 609 g/mol. The number of amides is 1. The number of thiazole rings is 1. The molecule has 0 radical (unpaired) electrons. The van der Waals surface area contributed by atoms with E-state index in [2.05, 4.69) is 41.1 Å². The van der Waals surface area contributed by atoms with Crippen LogP contribution in [0.3, 0.4) is 0 Å². The molecule has 5 rings (SSSR count). The van der Waals surface area contributed by atoms with E-state index < -0.39 is 6.10 Å². The molecule has 2 aromatic heterocycles. The minimum absolute atomic E-state index is 0.155. The summed E-state index contributed by atoms with van der Waals surface area (Å²) in [6.07, 6.45) is 1.27. The van der Waals surface area contributed by atoms with Crippen molar-refractivity contribution < 1.29 is 9.53 Å². The van der Waals surface area contributed by atoms with E-state index in [1.165, 1.54) is 17.3 Å². The van der Waals surface area contributed by atoms with Crippen molar-refractivity contribution >= 4 is 68.1 Å². The van der Waals surface area contributed by atoms with Crippen LogP contribution in [0, 0.1) is 6.92 Å². The van der Waals surface area contributed by atoms with Crippen molar-refractivity contribution in [1.29, 1.82) is 0 Å². The summed E-state index contributed by atoms with van der Waals surface area (Å²) < 4.78 is 9.04. The van der Waals surface area contributed by atoms with Crippen LogP contribution in [0.2, 0.25) is 10.0 Å². The Balaban J connectivity index is 1.21. The lowest BCUT2D eigenvalue weighted by Crippen LogP contribution is -2.15. The summed E-state index contributed by atoms with van der Waals surface area (Å²) >= 11 is 15.3. The lowest BCUT2D eigenvalue weighted by atomic mass is 10.2. The van der Waals surface area contributed by atoms with Crippen LogP contribution in [-0.4, -0.2) is 31.4 Å². The van der Waals surface area contributed by atoms with Crippen LogP contribution in [0.15, 0.2) is 78.5 Å². The van der Waals surface area contributed by atoms with Gasteiger partial charge in [-0.3, -0.25) is 9.36 Å². The van der Waals surface area contributed by atoms with E-state index in [9.17, 15) is 4.79 Å². The number of carbonyl (C=O) groups excluding carboxylic acids is 1. The SMILES string of the molecule is C=CCn1c(SCC(=O)Nc2ccc(-c3nc4ccc(C)cc4s3)cc2)nnc1C(C)Oc1cc(Cl)ccc1Cl. The molecule has 0 aliphatic heterocycles. The number of benzene rings is 3. The maximum Gasteiger partial charge on any atom is 0.234 e. The molecule has 1 atom stereocenters. The third-order valence-electron chi connectivity index (χ3n) is 5.91. The van der Waals surface area contributed by atoms with Gasteiger partial charge in [0.15, 0.2) is 17.1 Å². The Bertz CT molecular complexity index is 1680. The van der Waals surface area contributed by atoms with Crippen LogP contribution < -0.4 is 10.1 Å². The Kier molecular flexibility index (Phi) is 8.75. The number of aromatic nitrogens is 4. The Morgan fingerprint density at radius 1 is 1.15 bits per heavy atom. The Morgan fingerprint density at radius 2 is 1.95 bits per heavy atom. The number of anilines is 1. The molecular weight excluding hydrogens is 585 g/mol. The van der Waals surface area contributed by atoms with Gasteiger partial charge in [-0.05, 0) is 67.9 Å². The summed E-state index contributed by atoms with van der Waals surface area (Å²) in [4.78, 5) is 17.5. The van der Waals surface area contributed by atoms with Gasteiger partial charge in [-0.25, -0.2) is 4.98 Å². The highest BCUT2D eigenvalue weighted by atomic mass is 35.5. The highest BCUT2D eigenvalue weighted by Gasteiger charge is 2.21. The number of allylic oxidation sites excluding steroid dienone is 1. The summed E-state index contributed by atoms with van der Waals surface area (Å²) in [5, 5.41) is 14.0. The molecule has 0 aliphatic carbocycles. The van der Waals surface area contributed by atoms with Gasteiger partial charge in [0.1, 0.15) is 10.8 Å². The van der Waals surface area contributed by atoms with Crippen molar-refractivity contribution in [2.45, 2.75) is 31.7 Å². The molecule has 3 aromatic carbocycles. The summed E-state index contributed by atoms with van der Waals surface area (Å²) in [5.41, 5.74) is 3.91.